The van der Waals surface area contributed by atoms with Crippen LogP contribution in [0.1, 0.15) is 58.3 Å². The Morgan fingerprint density at radius 2 is 2.04 bits per heavy atom. The van der Waals surface area contributed by atoms with Gasteiger partial charge in [-0.05, 0) is 73.7 Å². The van der Waals surface area contributed by atoms with Crippen LogP contribution < -0.4 is 0 Å². The van der Waals surface area contributed by atoms with Crippen molar-refractivity contribution >= 4 is 5.97 Å². The molecule has 5 nitrogen and oxygen atoms in total. The van der Waals surface area contributed by atoms with Gasteiger partial charge in [0.15, 0.2) is 0 Å². The lowest BCUT2D eigenvalue weighted by Gasteiger charge is -2.63. The standard InChI is InChI=1S/C23H32O5/c1-21-7-6-19-16(18(21)3-2-17(21)14-10-20(26)28-12-14)5-9-23(27)11-15(25)4-8-22(19,23)13-24/h3,10,15-17,19,24-25,27H,2,4-9,11-13H2,1H3/t15-,16-,17+,19-,21-,22-,23+/m1/s1. The van der Waals surface area contributed by atoms with Crippen molar-refractivity contribution in [2.24, 2.45) is 28.6 Å². The molecule has 4 aliphatic carbocycles. The van der Waals surface area contributed by atoms with Gasteiger partial charge in [0, 0.05) is 17.9 Å². The SMILES string of the molecule is C[C@]12CC[C@@H]3[C@H](CC[C@]4(O)C[C@H](O)CC[C@@]34CO)C1=CC[C@H]2C1=CC(=O)OC1. The lowest BCUT2D eigenvalue weighted by atomic mass is 9.43. The number of esters is 1. The van der Waals surface area contributed by atoms with Crippen molar-refractivity contribution in [3.63, 3.8) is 0 Å². The van der Waals surface area contributed by atoms with Crippen LogP contribution >= 0.6 is 0 Å². The lowest BCUT2D eigenvalue weighted by molar-refractivity contribution is -0.224. The molecule has 5 heteroatoms. The van der Waals surface area contributed by atoms with Gasteiger partial charge in [0.05, 0.1) is 18.3 Å². The zero-order valence-electron chi connectivity index (χ0n) is 16.7. The number of hydrogen-bond donors (Lipinski definition) is 3. The number of aliphatic hydroxyl groups excluding tert-OH is 2. The molecule has 5 rings (SSSR count). The van der Waals surface area contributed by atoms with Crippen molar-refractivity contribution in [2.45, 2.75) is 70.0 Å². The quantitative estimate of drug-likeness (QED) is 0.500. The summed E-state index contributed by atoms with van der Waals surface area (Å²) in [5.41, 5.74) is 1.20. The smallest absolute Gasteiger partial charge is 0.331 e. The average Bonchev–Trinajstić information content (AvgIpc) is 3.23. The Morgan fingerprint density at radius 1 is 1.21 bits per heavy atom. The van der Waals surface area contributed by atoms with Crippen LogP contribution in [0.4, 0.5) is 0 Å². The van der Waals surface area contributed by atoms with E-state index in [0.717, 1.165) is 31.3 Å². The van der Waals surface area contributed by atoms with E-state index < -0.39 is 17.1 Å². The minimum atomic E-state index is -0.957. The lowest BCUT2D eigenvalue weighted by Crippen LogP contribution is -2.64. The van der Waals surface area contributed by atoms with E-state index in [1.807, 2.05) is 0 Å². The van der Waals surface area contributed by atoms with Crippen LogP contribution in [0.5, 0.6) is 0 Å². The molecule has 3 fully saturated rings. The molecule has 0 unspecified atom stereocenters. The predicted molar refractivity (Wildman–Crippen MR) is 103 cm³/mol. The summed E-state index contributed by atoms with van der Waals surface area (Å²) in [6, 6.07) is 0. The molecule has 0 aromatic heterocycles. The molecule has 0 aromatic carbocycles. The molecule has 0 bridgehead atoms. The maximum absolute atomic E-state index is 11.6. The molecule has 7 atom stereocenters. The van der Waals surface area contributed by atoms with Crippen molar-refractivity contribution in [3.05, 3.63) is 23.3 Å². The van der Waals surface area contributed by atoms with Gasteiger partial charge in [-0.25, -0.2) is 4.79 Å². The van der Waals surface area contributed by atoms with E-state index in [0.29, 0.717) is 44.1 Å². The zero-order chi connectivity index (χ0) is 19.7. The molecule has 1 aliphatic heterocycles. The third-order valence-electron chi connectivity index (χ3n) is 9.28. The fourth-order valence-electron chi connectivity index (χ4n) is 7.85. The van der Waals surface area contributed by atoms with Crippen molar-refractivity contribution in [1.82, 2.24) is 0 Å². The topological polar surface area (TPSA) is 87.0 Å². The van der Waals surface area contributed by atoms with Crippen LogP contribution in [0.25, 0.3) is 0 Å². The fourth-order valence-corrected chi connectivity index (χ4v) is 7.85. The van der Waals surface area contributed by atoms with Gasteiger partial charge in [0.2, 0.25) is 0 Å². The highest BCUT2D eigenvalue weighted by Crippen LogP contribution is 2.67. The van der Waals surface area contributed by atoms with Gasteiger partial charge in [-0.3, -0.25) is 0 Å². The monoisotopic (exact) mass is 388 g/mol. The van der Waals surface area contributed by atoms with Gasteiger partial charge < -0.3 is 20.1 Å². The Bertz CT molecular complexity index is 756. The number of allylic oxidation sites excluding steroid dienone is 2. The number of ether oxygens (including phenoxy) is 1. The summed E-state index contributed by atoms with van der Waals surface area (Å²) in [5.74, 6) is 0.750. The minimum Gasteiger partial charge on any atom is -0.458 e. The van der Waals surface area contributed by atoms with Crippen molar-refractivity contribution in [1.29, 1.82) is 0 Å². The summed E-state index contributed by atoms with van der Waals surface area (Å²) in [7, 11) is 0. The number of carbonyl (C=O) groups excluding carboxylic acids is 1. The Labute approximate surface area is 166 Å². The summed E-state index contributed by atoms with van der Waals surface area (Å²) >= 11 is 0. The first-order valence-electron chi connectivity index (χ1n) is 10.9. The molecule has 0 saturated heterocycles. The second kappa shape index (κ2) is 6.16. The Balaban J connectivity index is 1.47. The molecule has 5 aliphatic rings. The minimum absolute atomic E-state index is 0.00168. The van der Waals surface area contributed by atoms with E-state index in [2.05, 4.69) is 13.0 Å². The third-order valence-corrected chi connectivity index (χ3v) is 9.28. The summed E-state index contributed by atoms with van der Waals surface area (Å²) in [6.45, 7) is 2.76. The molecule has 0 spiro atoms. The molecule has 1 heterocycles. The summed E-state index contributed by atoms with van der Waals surface area (Å²) in [4.78, 5) is 11.6. The first kappa shape index (κ1) is 18.8. The van der Waals surface area contributed by atoms with Gasteiger partial charge in [0.1, 0.15) is 6.61 Å². The van der Waals surface area contributed by atoms with E-state index >= 15 is 0 Å². The summed E-state index contributed by atoms with van der Waals surface area (Å²) < 4.78 is 5.19. The van der Waals surface area contributed by atoms with Crippen molar-refractivity contribution in [2.75, 3.05) is 13.2 Å². The number of cyclic esters (lactones) is 1. The van der Waals surface area contributed by atoms with Crippen LogP contribution in [0.15, 0.2) is 23.3 Å². The molecule has 0 aromatic rings. The molecule has 154 valence electrons. The van der Waals surface area contributed by atoms with Crippen LogP contribution in [0.2, 0.25) is 0 Å². The third kappa shape index (κ3) is 2.33. The van der Waals surface area contributed by atoms with Crippen molar-refractivity contribution < 1.29 is 24.9 Å². The van der Waals surface area contributed by atoms with E-state index in [-0.39, 0.29) is 23.9 Å². The molecular weight excluding hydrogens is 356 g/mol. The maximum Gasteiger partial charge on any atom is 0.331 e. The Hall–Kier alpha value is -1.17. The Kier molecular flexibility index (Phi) is 4.15. The highest BCUT2D eigenvalue weighted by molar-refractivity contribution is 5.85. The zero-order valence-corrected chi connectivity index (χ0v) is 16.7. The fraction of sp³-hybridized carbons (Fsp3) is 0.783. The molecule has 28 heavy (non-hydrogen) atoms. The summed E-state index contributed by atoms with van der Waals surface area (Å²) in [6.07, 6.45) is 9.87. The van der Waals surface area contributed by atoms with Crippen LogP contribution in [0, 0.1) is 28.6 Å². The molecular formula is C23H32O5. The van der Waals surface area contributed by atoms with E-state index in [1.165, 1.54) is 5.57 Å². The largest absolute Gasteiger partial charge is 0.458 e. The highest BCUT2D eigenvalue weighted by atomic mass is 16.5. The van der Waals surface area contributed by atoms with Gasteiger partial charge in [-0.15, -0.1) is 0 Å². The average molecular weight is 389 g/mol. The Morgan fingerprint density at radius 3 is 2.75 bits per heavy atom. The van der Waals surface area contributed by atoms with E-state index in [4.69, 9.17) is 4.74 Å². The highest BCUT2D eigenvalue weighted by Gasteiger charge is 2.64. The first-order chi connectivity index (χ1) is 13.3. The molecule has 3 saturated carbocycles. The summed E-state index contributed by atoms with van der Waals surface area (Å²) in [5, 5.41) is 32.2. The number of carbonyl (C=O) groups is 1. The van der Waals surface area contributed by atoms with E-state index in [1.54, 1.807) is 6.08 Å². The predicted octanol–water partition coefficient (Wildman–Crippen LogP) is 2.50. The number of rotatable bonds is 2. The van der Waals surface area contributed by atoms with Crippen LogP contribution in [-0.4, -0.2) is 46.2 Å². The number of aliphatic hydroxyl groups is 3. The second-order valence-electron chi connectivity index (χ2n) is 10.2. The first-order valence-corrected chi connectivity index (χ1v) is 10.9. The molecule has 0 amide bonds. The normalized spacial score (nSPS) is 50.2. The maximum atomic E-state index is 11.6. The van der Waals surface area contributed by atoms with Gasteiger partial charge in [-0.2, -0.15) is 0 Å². The number of hydrogen-bond acceptors (Lipinski definition) is 5. The van der Waals surface area contributed by atoms with E-state index in [9.17, 15) is 20.1 Å². The van der Waals surface area contributed by atoms with Gasteiger partial charge >= 0.3 is 5.97 Å². The number of fused-ring (bicyclic) bond motifs is 5. The second-order valence-corrected chi connectivity index (χ2v) is 10.2. The molecule has 0 radical (unpaired) electrons. The van der Waals surface area contributed by atoms with Crippen molar-refractivity contribution in [3.8, 4) is 0 Å². The van der Waals surface area contributed by atoms with Crippen LogP contribution in [0.3, 0.4) is 0 Å². The van der Waals surface area contributed by atoms with Crippen LogP contribution in [-0.2, 0) is 9.53 Å². The molecule has 3 N–H and O–H groups in total. The van der Waals surface area contributed by atoms with Gasteiger partial charge in [0.25, 0.3) is 0 Å². The van der Waals surface area contributed by atoms with Gasteiger partial charge in [-0.1, -0.05) is 18.6 Å².